The first kappa shape index (κ1) is 15.6. The number of aromatic nitrogens is 1. The van der Waals surface area contributed by atoms with Crippen molar-refractivity contribution in [1.29, 1.82) is 0 Å². The lowest BCUT2D eigenvalue weighted by atomic mass is 9.84. The molecule has 24 heavy (non-hydrogen) atoms. The van der Waals surface area contributed by atoms with Gasteiger partial charge in [0.25, 0.3) is 0 Å². The molecule has 5 rings (SSSR count). The largest absolute Gasteiger partial charge is 0.497 e. The van der Waals surface area contributed by atoms with Gasteiger partial charge in [0.05, 0.1) is 24.8 Å². The number of aliphatic hydroxyl groups is 1. The van der Waals surface area contributed by atoms with E-state index in [4.69, 9.17) is 4.74 Å². The van der Waals surface area contributed by atoms with E-state index in [-0.39, 0.29) is 12.1 Å². The van der Waals surface area contributed by atoms with Crippen LogP contribution in [-0.4, -0.2) is 41.3 Å². The van der Waals surface area contributed by atoms with Gasteiger partial charge in [-0.25, -0.2) is 0 Å². The Morgan fingerprint density at radius 3 is 3.04 bits per heavy atom. The van der Waals surface area contributed by atoms with Crippen molar-refractivity contribution in [2.24, 2.45) is 11.8 Å². The van der Waals surface area contributed by atoms with Crippen molar-refractivity contribution in [3.63, 3.8) is 0 Å². The van der Waals surface area contributed by atoms with Crippen LogP contribution >= 0.6 is 0 Å². The smallest absolute Gasteiger partial charge is 0.119 e. The van der Waals surface area contributed by atoms with E-state index < -0.39 is 0 Å². The lowest BCUT2D eigenvalue weighted by Gasteiger charge is -2.37. The Morgan fingerprint density at radius 1 is 1.38 bits per heavy atom. The van der Waals surface area contributed by atoms with Crippen molar-refractivity contribution in [2.75, 3.05) is 20.2 Å². The van der Waals surface area contributed by atoms with E-state index in [1.165, 1.54) is 0 Å². The van der Waals surface area contributed by atoms with Gasteiger partial charge in [0.15, 0.2) is 0 Å². The van der Waals surface area contributed by atoms with E-state index in [1.807, 2.05) is 24.4 Å². The van der Waals surface area contributed by atoms with E-state index in [1.54, 1.807) is 7.11 Å². The predicted molar refractivity (Wildman–Crippen MR) is 95.0 cm³/mol. The van der Waals surface area contributed by atoms with Crippen LogP contribution in [0.1, 0.15) is 24.4 Å². The first-order valence-electron chi connectivity index (χ1n) is 8.68. The number of rotatable bonds is 3. The summed E-state index contributed by atoms with van der Waals surface area (Å²) in [6, 6.07) is 8.02. The quantitative estimate of drug-likeness (QED) is 0.881. The van der Waals surface area contributed by atoms with E-state index in [0.29, 0.717) is 11.8 Å². The molecule has 4 nitrogen and oxygen atoms in total. The van der Waals surface area contributed by atoms with Crippen LogP contribution in [0.5, 0.6) is 5.75 Å². The lowest BCUT2D eigenvalue weighted by molar-refractivity contribution is 0.0641. The fourth-order valence-electron chi connectivity index (χ4n) is 4.49. The van der Waals surface area contributed by atoms with Crippen molar-refractivity contribution in [1.82, 2.24) is 9.88 Å². The van der Waals surface area contributed by atoms with Crippen molar-refractivity contribution in [3.05, 3.63) is 48.7 Å². The molecular weight excluding hydrogens is 300 g/mol. The molecule has 0 radical (unpaired) electrons. The predicted octanol–water partition coefficient (Wildman–Crippen LogP) is 3.17. The summed E-state index contributed by atoms with van der Waals surface area (Å²) < 4.78 is 5.39. The van der Waals surface area contributed by atoms with Gasteiger partial charge in [-0.05, 0) is 61.1 Å². The Balaban J connectivity index is 1.82. The van der Waals surface area contributed by atoms with Gasteiger partial charge in [0, 0.05) is 18.1 Å². The summed E-state index contributed by atoms with van der Waals surface area (Å²) in [6.45, 7) is 6.01. The number of aliphatic hydroxyl groups excluding tert-OH is 1. The Bertz CT molecular complexity index is 760. The monoisotopic (exact) mass is 324 g/mol. The summed E-state index contributed by atoms with van der Waals surface area (Å²) in [5, 5.41) is 12.0. The average Bonchev–Trinajstić information content (AvgIpc) is 2.86. The third-order valence-corrected chi connectivity index (χ3v) is 5.74. The van der Waals surface area contributed by atoms with Crippen molar-refractivity contribution < 1.29 is 9.84 Å². The van der Waals surface area contributed by atoms with Crippen LogP contribution in [0.3, 0.4) is 0 Å². The molecule has 3 saturated heterocycles. The SMILES string of the molecule is C=CC1CN2CCC1CC(O)C2c1ccnc2ccc(OC)cc12. The molecule has 1 aromatic carbocycles. The summed E-state index contributed by atoms with van der Waals surface area (Å²) in [6.07, 6.45) is 5.53. The van der Waals surface area contributed by atoms with Crippen LogP contribution in [0.15, 0.2) is 43.1 Å². The Morgan fingerprint density at radius 2 is 2.25 bits per heavy atom. The van der Waals surface area contributed by atoms with Gasteiger partial charge >= 0.3 is 0 Å². The summed E-state index contributed by atoms with van der Waals surface area (Å²) >= 11 is 0. The van der Waals surface area contributed by atoms with Gasteiger partial charge in [-0.3, -0.25) is 9.88 Å². The molecule has 2 aromatic rings. The second-order valence-corrected chi connectivity index (χ2v) is 6.97. The first-order chi connectivity index (χ1) is 11.7. The van der Waals surface area contributed by atoms with E-state index in [9.17, 15) is 5.11 Å². The minimum atomic E-state index is -0.362. The Labute approximate surface area is 142 Å². The number of pyridine rings is 1. The minimum Gasteiger partial charge on any atom is -0.497 e. The first-order valence-corrected chi connectivity index (χ1v) is 8.68. The molecule has 0 spiro atoms. The molecule has 3 aliphatic rings. The topological polar surface area (TPSA) is 45.6 Å². The van der Waals surface area contributed by atoms with Crippen LogP contribution in [0.25, 0.3) is 10.9 Å². The third-order valence-electron chi connectivity index (χ3n) is 5.74. The molecule has 1 N–H and O–H groups in total. The fraction of sp³-hybridized carbons (Fsp3) is 0.450. The van der Waals surface area contributed by atoms with E-state index >= 15 is 0 Å². The number of ether oxygens (including phenoxy) is 1. The van der Waals surface area contributed by atoms with Gasteiger partial charge in [-0.1, -0.05) is 6.08 Å². The van der Waals surface area contributed by atoms with Gasteiger partial charge in [0.2, 0.25) is 0 Å². The maximum atomic E-state index is 11.0. The van der Waals surface area contributed by atoms with Gasteiger partial charge in [-0.2, -0.15) is 0 Å². The molecule has 126 valence electrons. The molecule has 5 unspecified atom stereocenters. The van der Waals surface area contributed by atoms with Gasteiger partial charge in [0.1, 0.15) is 5.75 Å². The zero-order chi connectivity index (χ0) is 16.7. The van der Waals surface area contributed by atoms with Crippen LogP contribution in [-0.2, 0) is 0 Å². The number of methoxy groups -OCH3 is 1. The molecule has 4 heteroatoms. The van der Waals surface area contributed by atoms with Crippen LogP contribution in [0.4, 0.5) is 0 Å². The number of fused-ring (bicyclic) bond motifs is 5. The highest BCUT2D eigenvalue weighted by Gasteiger charge is 2.41. The molecular formula is C20H24N2O2. The average molecular weight is 324 g/mol. The Hall–Kier alpha value is -1.91. The highest BCUT2D eigenvalue weighted by molar-refractivity contribution is 5.84. The zero-order valence-electron chi connectivity index (χ0n) is 14.1. The second kappa shape index (κ2) is 6.19. The van der Waals surface area contributed by atoms with Gasteiger partial charge in [-0.15, -0.1) is 6.58 Å². The molecule has 2 bridgehead atoms. The fourth-order valence-corrected chi connectivity index (χ4v) is 4.49. The van der Waals surface area contributed by atoms with Crippen molar-refractivity contribution in [3.8, 4) is 5.75 Å². The summed E-state index contributed by atoms with van der Waals surface area (Å²) in [5.74, 6) is 1.84. The lowest BCUT2D eigenvalue weighted by Crippen LogP contribution is -2.39. The standard InChI is InChI=1S/C20H24N2O2/c1-3-13-12-22-9-7-14(13)10-19(23)20(22)16-6-8-21-18-5-4-15(24-2)11-17(16)18/h3-6,8,11,13-14,19-20,23H,1,7,9-10,12H2,2H3. The summed E-state index contributed by atoms with van der Waals surface area (Å²) in [5.41, 5.74) is 2.09. The van der Waals surface area contributed by atoms with E-state index in [2.05, 4.69) is 28.6 Å². The summed E-state index contributed by atoms with van der Waals surface area (Å²) in [7, 11) is 1.68. The Kier molecular flexibility index (Phi) is 4.02. The normalized spacial score (nSPS) is 32.5. The molecule has 0 saturated carbocycles. The highest BCUT2D eigenvalue weighted by Crippen LogP contribution is 2.42. The van der Waals surface area contributed by atoms with Crippen LogP contribution < -0.4 is 4.74 Å². The molecule has 1 aromatic heterocycles. The molecule has 0 aliphatic carbocycles. The maximum absolute atomic E-state index is 11.0. The second-order valence-electron chi connectivity index (χ2n) is 6.97. The number of hydrogen-bond donors (Lipinski definition) is 1. The van der Waals surface area contributed by atoms with Crippen LogP contribution in [0.2, 0.25) is 0 Å². The molecule has 3 aliphatic heterocycles. The third kappa shape index (κ3) is 2.50. The van der Waals surface area contributed by atoms with E-state index in [0.717, 1.165) is 48.1 Å². The highest BCUT2D eigenvalue weighted by atomic mass is 16.5. The maximum Gasteiger partial charge on any atom is 0.119 e. The van der Waals surface area contributed by atoms with Crippen molar-refractivity contribution >= 4 is 10.9 Å². The zero-order valence-corrected chi connectivity index (χ0v) is 14.1. The number of benzene rings is 1. The van der Waals surface area contributed by atoms with Gasteiger partial charge < -0.3 is 9.84 Å². The molecule has 0 amide bonds. The number of piperidine rings is 1. The van der Waals surface area contributed by atoms with Crippen molar-refractivity contribution in [2.45, 2.75) is 25.0 Å². The number of nitrogens with zero attached hydrogens (tertiary/aromatic N) is 2. The molecule has 4 heterocycles. The number of hydrogen-bond acceptors (Lipinski definition) is 4. The molecule has 3 fully saturated rings. The summed E-state index contributed by atoms with van der Waals surface area (Å²) in [4.78, 5) is 6.91. The molecule has 5 atom stereocenters. The minimum absolute atomic E-state index is 0.0116. The van der Waals surface area contributed by atoms with Crippen LogP contribution in [0, 0.1) is 11.8 Å².